The van der Waals surface area contributed by atoms with Crippen LogP contribution in [-0.2, 0) is 19.4 Å². The van der Waals surface area contributed by atoms with Crippen LogP contribution in [0.1, 0.15) is 79.6 Å². The molecular formula is C33H44N2O7S. The molecule has 1 saturated carbocycles. The van der Waals surface area contributed by atoms with E-state index in [-0.39, 0.29) is 30.1 Å². The molecule has 4 rings (SSSR count). The minimum atomic E-state index is -3.02. The molecule has 0 radical (unpaired) electrons. The molecule has 0 aliphatic heterocycles. The number of carbonyl (C=O) groups is 2. The minimum absolute atomic E-state index is 0.0411. The molecule has 9 nitrogen and oxygen atoms in total. The highest BCUT2D eigenvalue weighted by atomic mass is 32.2. The lowest BCUT2D eigenvalue weighted by Crippen LogP contribution is -2.29. The van der Waals surface area contributed by atoms with E-state index in [1.807, 2.05) is 42.5 Å². The monoisotopic (exact) mass is 612 g/mol. The molecule has 43 heavy (non-hydrogen) atoms. The molecule has 0 spiro atoms. The van der Waals surface area contributed by atoms with Crippen LogP contribution in [0, 0.1) is 12.8 Å². The van der Waals surface area contributed by atoms with Gasteiger partial charge in [-0.05, 0) is 81.5 Å². The van der Waals surface area contributed by atoms with Gasteiger partial charge >= 0.3 is 5.97 Å². The highest BCUT2D eigenvalue weighted by molar-refractivity contribution is 7.90. The van der Waals surface area contributed by atoms with Crippen LogP contribution in [0.15, 0.2) is 46.9 Å². The fourth-order valence-corrected chi connectivity index (χ4v) is 6.33. The Kier molecular flexibility index (Phi) is 11.1. The van der Waals surface area contributed by atoms with E-state index in [0.717, 1.165) is 40.8 Å². The van der Waals surface area contributed by atoms with E-state index in [1.54, 1.807) is 14.0 Å². The van der Waals surface area contributed by atoms with Crippen molar-refractivity contribution in [3.8, 4) is 5.75 Å². The van der Waals surface area contributed by atoms with E-state index in [0.29, 0.717) is 43.4 Å². The molecule has 1 amide bonds. The number of rotatable bonds is 14. The standard InChI is InChI=1S/C33H44N2O7S/c1-5-40-30(36)18-19-35(3)33(37)25-12-14-26(15-13-25)34-31(24-10-7-6-8-11-24)32-23(2)28-22-27(16-17-29(28)42-32)41-20-9-21-43(4,38)39/h12-17,22,24,31,34H,5-11,18-21H2,1-4H3. The second-order valence-corrected chi connectivity index (χ2v) is 13.7. The van der Waals surface area contributed by atoms with Crippen LogP contribution in [0.25, 0.3) is 11.0 Å². The van der Waals surface area contributed by atoms with Crippen molar-refractivity contribution < 1.29 is 31.9 Å². The van der Waals surface area contributed by atoms with Gasteiger partial charge in [-0.1, -0.05) is 19.3 Å². The van der Waals surface area contributed by atoms with Crippen molar-refractivity contribution in [2.24, 2.45) is 5.92 Å². The van der Waals surface area contributed by atoms with E-state index in [2.05, 4.69) is 12.2 Å². The summed E-state index contributed by atoms with van der Waals surface area (Å²) in [6.07, 6.45) is 7.63. The Morgan fingerprint density at radius 2 is 1.81 bits per heavy atom. The molecule has 1 fully saturated rings. The Morgan fingerprint density at radius 1 is 1.09 bits per heavy atom. The predicted molar refractivity (Wildman–Crippen MR) is 168 cm³/mol. The number of nitrogens with zero attached hydrogens (tertiary/aromatic N) is 1. The van der Waals surface area contributed by atoms with E-state index < -0.39 is 9.84 Å². The molecule has 1 aliphatic rings. The third-order valence-electron chi connectivity index (χ3n) is 8.03. The molecule has 234 valence electrons. The summed E-state index contributed by atoms with van der Waals surface area (Å²) in [6.45, 7) is 4.77. The number of anilines is 1. The zero-order chi connectivity index (χ0) is 31.0. The zero-order valence-electron chi connectivity index (χ0n) is 25.7. The SMILES string of the molecule is CCOC(=O)CCN(C)C(=O)c1ccc(NC(c2oc3ccc(OCCCS(C)(=O)=O)cc3c2C)C2CCCCC2)cc1. The van der Waals surface area contributed by atoms with Gasteiger partial charge < -0.3 is 24.1 Å². The predicted octanol–water partition coefficient (Wildman–Crippen LogP) is 6.31. The number of hydrogen-bond acceptors (Lipinski definition) is 8. The average molecular weight is 613 g/mol. The highest BCUT2D eigenvalue weighted by Crippen LogP contribution is 2.41. The maximum atomic E-state index is 12.9. The van der Waals surface area contributed by atoms with Crippen LogP contribution in [-0.4, -0.2) is 64.0 Å². The molecule has 3 aromatic rings. The Balaban J connectivity index is 1.50. The quantitative estimate of drug-likeness (QED) is 0.166. The maximum absolute atomic E-state index is 12.9. The summed E-state index contributed by atoms with van der Waals surface area (Å²) in [5, 5.41) is 4.70. The molecule has 1 heterocycles. The van der Waals surface area contributed by atoms with E-state index >= 15 is 0 Å². The van der Waals surface area contributed by atoms with Gasteiger partial charge in [0.05, 0.1) is 31.4 Å². The largest absolute Gasteiger partial charge is 0.494 e. The first-order valence-corrected chi connectivity index (χ1v) is 17.2. The van der Waals surface area contributed by atoms with Crippen LogP contribution >= 0.6 is 0 Å². The smallest absolute Gasteiger partial charge is 0.307 e. The number of hydrogen-bond donors (Lipinski definition) is 1. The van der Waals surface area contributed by atoms with Crippen molar-refractivity contribution in [2.45, 2.75) is 64.8 Å². The lowest BCUT2D eigenvalue weighted by molar-refractivity contribution is -0.143. The van der Waals surface area contributed by atoms with Gasteiger partial charge in [-0.2, -0.15) is 0 Å². The second kappa shape index (κ2) is 14.8. The van der Waals surface area contributed by atoms with Gasteiger partial charge in [0.15, 0.2) is 0 Å². The van der Waals surface area contributed by atoms with Crippen molar-refractivity contribution in [3.63, 3.8) is 0 Å². The van der Waals surface area contributed by atoms with Gasteiger partial charge in [0, 0.05) is 42.0 Å². The normalized spacial score (nSPS) is 14.8. The zero-order valence-corrected chi connectivity index (χ0v) is 26.5. The molecule has 1 aliphatic carbocycles. The highest BCUT2D eigenvalue weighted by Gasteiger charge is 2.30. The third-order valence-corrected chi connectivity index (χ3v) is 9.06. The maximum Gasteiger partial charge on any atom is 0.307 e. The van der Waals surface area contributed by atoms with Crippen LogP contribution in [0.3, 0.4) is 0 Å². The van der Waals surface area contributed by atoms with Crippen molar-refractivity contribution in [1.29, 1.82) is 0 Å². The van der Waals surface area contributed by atoms with E-state index in [4.69, 9.17) is 13.9 Å². The van der Waals surface area contributed by atoms with Gasteiger partial charge in [-0.25, -0.2) is 8.42 Å². The number of furan rings is 1. The lowest BCUT2D eigenvalue weighted by Gasteiger charge is -2.31. The van der Waals surface area contributed by atoms with Crippen molar-refractivity contribution in [1.82, 2.24) is 4.90 Å². The van der Waals surface area contributed by atoms with Gasteiger partial charge in [-0.3, -0.25) is 9.59 Å². The number of ether oxygens (including phenoxy) is 2. The Labute approximate surface area is 254 Å². The van der Waals surface area contributed by atoms with Gasteiger partial charge in [0.2, 0.25) is 0 Å². The molecule has 1 aromatic heterocycles. The van der Waals surface area contributed by atoms with Gasteiger partial charge in [0.25, 0.3) is 5.91 Å². The number of aryl methyl sites for hydroxylation is 1. The molecule has 0 bridgehead atoms. The van der Waals surface area contributed by atoms with Crippen molar-refractivity contribution in [2.75, 3.05) is 44.1 Å². The molecule has 1 N–H and O–H groups in total. The fraction of sp³-hybridized carbons (Fsp3) is 0.515. The summed E-state index contributed by atoms with van der Waals surface area (Å²) in [6, 6.07) is 13.2. The molecule has 2 aromatic carbocycles. The first-order valence-electron chi connectivity index (χ1n) is 15.2. The van der Waals surface area contributed by atoms with Crippen molar-refractivity contribution >= 4 is 38.4 Å². The third kappa shape index (κ3) is 8.98. The number of nitrogens with one attached hydrogen (secondary N) is 1. The number of amides is 1. The lowest BCUT2D eigenvalue weighted by atomic mass is 9.82. The minimum Gasteiger partial charge on any atom is -0.494 e. The average Bonchev–Trinajstić information content (AvgIpc) is 3.32. The molecular weight excluding hydrogens is 568 g/mol. The number of benzene rings is 2. The van der Waals surface area contributed by atoms with E-state index in [9.17, 15) is 18.0 Å². The first-order chi connectivity index (χ1) is 20.6. The summed E-state index contributed by atoms with van der Waals surface area (Å²) in [5.74, 6) is 1.61. The Morgan fingerprint density at radius 3 is 2.49 bits per heavy atom. The number of esters is 1. The van der Waals surface area contributed by atoms with Crippen LogP contribution < -0.4 is 10.1 Å². The summed E-state index contributed by atoms with van der Waals surface area (Å²) in [5.41, 5.74) is 3.28. The first kappa shape index (κ1) is 32.4. The van der Waals surface area contributed by atoms with Crippen molar-refractivity contribution in [3.05, 3.63) is 59.4 Å². The number of fused-ring (bicyclic) bond motifs is 1. The summed E-state index contributed by atoms with van der Waals surface area (Å²) < 4.78 is 40.1. The molecule has 1 unspecified atom stereocenters. The molecule has 1 atom stereocenters. The summed E-state index contributed by atoms with van der Waals surface area (Å²) >= 11 is 0. The molecule has 0 saturated heterocycles. The second-order valence-electron chi connectivity index (χ2n) is 11.5. The number of carbonyl (C=O) groups excluding carboxylic acids is 2. The van der Waals surface area contributed by atoms with Gasteiger partial charge in [-0.15, -0.1) is 0 Å². The van der Waals surface area contributed by atoms with Crippen LogP contribution in [0.4, 0.5) is 5.69 Å². The topological polar surface area (TPSA) is 115 Å². The molecule has 10 heteroatoms. The van der Waals surface area contributed by atoms with Gasteiger partial charge in [0.1, 0.15) is 26.9 Å². The van der Waals surface area contributed by atoms with Crippen LogP contribution in [0.2, 0.25) is 0 Å². The van der Waals surface area contributed by atoms with E-state index in [1.165, 1.54) is 30.4 Å². The number of sulfone groups is 1. The summed E-state index contributed by atoms with van der Waals surface area (Å²) in [4.78, 5) is 26.1. The Bertz CT molecular complexity index is 1490. The van der Waals surface area contributed by atoms with Crippen LogP contribution in [0.5, 0.6) is 5.75 Å². The summed E-state index contributed by atoms with van der Waals surface area (Å²) in [7, 11) is -1.33. The Hall–Kier alpha value is -3.53. The fourth-order valence-electron chi connectivity index (χ4n) is 5.68.